The zero-order chi connectivity index (χ0) is 14.6. The maximum atomic E-state index is 12.0. The third-order valence-electron chi connectivity index (χ3n) is 2.96. The Balaban J connectivity index is 2.56. The summed E-state index contributed by atoms with van der Waals surface area (Å²) in [5.74, 6) is 0.498. The van der Waals surface area contributed by atoms with E-state index in [0.29, 0.717) is 12.3 Å². The highest BCUT2D eigenvalue weighted by Gasteiger charge is 2.18. The van der Waals surface area contributed by atoms with Gasteiger partial charge >= 0.3 is 0 Å². The number of hydrogen-bond donors (Lipinski definition) is 1. The van der Waals surface area contributed by atoms with Gasteiger partial charge in [-0.15, -0.1) is 0 Å². The van der Waals surface area contributed by atoms with Crippen LogP contribution in [0.3, 0.4) is 0 Å². The highest BCUT2D eigenvalue weighted by molar-refractivity contribution is 9.10. The van der Waals surface area contributed by atoms with Crippen LogP contribution in [0.4, 0.5) is 5.69 Å². The van der Waals surface area contributed by atoms with E-state index in [9.17, 15) is 4.79 Å². The average Bonchev–Trinajstić information content (AvgIpc) is 2.19. The Kier molecular flexibility index (Phi) is 5.60. The molecule has 1 N–H and O–H groups in total. The molecule has 1 amide bonds. The van der Waals surface area contributed by atoms with E-state index in [-0.39, 0.29) is 11.3 Å². The molecule has 0 aromatic heterocycles. The van der Waals surface area contributed by atoms with Crippen molar-refractivity contribution in [2.75, 3.05) is 5.32 Å². The number of carbonyl (C=O) groups excluding carboxylic acids is 1. The predicted molar refractivity (Wildman–Crippen MR) is 85.4 cm³/mol. The zero-order valence-electron chi connectivity index (χ0n) is 12.5. The van der Waals surface area contributed by atoms with Gasteiger partial charge in [0, 0.05) is 16.6 Å². The van der Waals surface area contributed by atoms with Crippen LogP contribution in [-0.2, 0) is 4.79 Å². The Morgan fingerprint density at radius 2 is 2.00 bits per heavy atom. The summed E-state index contributed by atoms with van der Waals surface area (Å²) in [4.78, 5) is 12.0. The Hall–Kier alpha value is -0.830. The van der Waals surface area contributed by atoms with Crippen LogP contribution in [0.1, 0.15) is 46.1 Å². The topological polar surface area (TPSA) is 29.1 Å². The van der Waals surface area contributed by atoms with Crippen molar-refractivity contribution in [2.45, 2.75) is 47.5 Å². The predicted octanol–water partition coefficient (Wildman–Crippen LogP) is 5.16. The average molecular weight is 326 g/mol. The first kappa shape index (κ1) is 16.2. The normalized spacial score (nSPS) is 13.2. The summed E-state index contributed by atoms with van der Waals surface area (Å²) < 4.78 is 1.03. The van der Waals surface area contributed by atoms with Crippen molar-refractivity contribution in [1.82, 2.24) is 0 Å². The molecule has 0 spiro atoms. The molecule has 0 heterocycles. The quantitative estimate of drug-likeness (QED) is 0.814. The number of carbonyl (C=O) groups is 1. The van der Waals surface area contributed by atoms with Crippen molar-refractivity contribution in [3.05, 3.63) is 28.2 Å². The molecule has 3 heteroatoms. The van der Waals surface area contributed by atoms with Crippen LogP contribution in [-0.4, -0.2) is 5.91 Å². The first-order chi connectivity index (χ1) is 8.67. The van der Waals surface area contributed by atoms with Crippen molar-refractivity contribution in [2.24, 2.45) is 11.3 Å². The van der Waals surface area contributed by atoms with Crippen LogP contribution in [0.5, 0.6) is 0 Å². The van der Waals surface area contributed by atoms with Crippen molar-refractivity contribution < 1.29 is 4.79 Å². The fourth-order valence-electron chi connectivity index (χ4n) is 2.40. The Morgan fingerprint density at radius 3 is 2.53 bits per heavy atom. The van der Waals surface area contributed by atoms with Crippen molar-refractivity contribution in [1.29, 1.82) is 0 Å². The van der Waals surface area contributed by atoms with Gasteiger partial charge in [0.1, 0.15) is 0 Å². The van der Waals surface area contributed by atoms with Gasteiger partial charge in [-0.3, -0.25) is 4.79 Å². The largest absolute Gasteiger partial charge is 0.326 e. The van der Waals surface area contributed by atoms with E-state index < -0.39 is 0 Å². The molecule has 1 atom stereocenters. The van der Waals surface area contributed by atoms with E-state index >= 15 is 0 Å². The van der Waals surface area contributed by atoms with E-state index in [4.69, 9.17) is 0 Å². The molecule has 1 aromatic carbocycles. The number of halogens is 1. The van der Waals surface area contributed by atoms with Crippen LogP contribution in [0.15, 0.2) is 22.7 Å². The van der Waals surface area contributed by atoms with Crippen molar-refractivity contribution in [3.63, 3.8) is 0 Å². The van der Waals surface area contributed by atoms with Crippen LogP contribution >= 0.6 is 15.9 Å². The maximum Gasteiger partial charge on any atom is 0.224 e. The molecule has 0 saturated heterocycles. The molecule has 0 aliphatic carbocycles. The summed E-state index contributed by atoms with van der Waals surface area (Å²) in [6.45, 7) is 10.8. The molecule has 1 aromatic rings. The number of anilines is 1. The number of nitrogens with one attached hydrogen (secondary N) is 1. The highest BCUT2D eigenvalue weighted by Crippen LogP contribution is 2.26. The van der Waals surface area contributed by atoms with E-state index in [2.05, 4.69) is 48.9 Å². The lowest BCUT2D eigenvalue weighted by Crippen LogP contribution is -2.19. The van der Waals surface area contributed by atoms with Crippen molar-refractivity contribution >= 4 is 27.5 Å². The van der Waals surface area contributed by atoms with Crippen LogP contribution in [0.2, 0.25) is 0 Å². The second-order valence-electron chi connectivity index (χ2n) is 6.58. The molecule has 0 fully saturated rings. The molecule has 1 rings (SSSR count). The van der Waals surface area contributed by atoms with Gasteiger partial charge in [0.05, 0.1) is 0 Å². The third kappa shape index (κ3) is 6.24. The number of hydrogen-bond acceptors (Lipinski definition) is 1. The Bertz CT molecular complexity index is 449. The highest BCUT2D eigenvalue weighted by atomic mass is 79.9. The first-order valence-corrected chi connectivity index (χ1v) is 7.53. The molecule has 2 nitrogen and oxygen atoms in total. The van der Waals surface area contributed by atoms with Gasteiger partial charge in [-0.25, -0.2) is 0 Å². The molecule has 0 bridgehead atoms. The van der Waals surface area contributed by atoms with Gasteiger partial charge in [-0.05, 0) is 48.4 Å². The van der Waals surface area contributed by atoms with Gasteiger partial charge in [0.25, 0.3) is 0 Å². The molecular formula is C16H24BrNO. The van der Waals surface area contributed by atoms with Gasteiger partial charge in [0.15, 0.2) is 0 Å². The number of aryl methyl sites for hydroxylation is 1. The fraction of sp³-hybridized carbons (Fsp3) is 0.562. The van der Waals surface area contributed by atoms with Gasteiger partial charge < -0.3 is 5.32 Å². The number of rotatable bonds is 4. The second kappa shape index (κ2) is 6.56. The molecule has 19 heavy (non-hydrogen) atoms. The molecular weight excluding hydrogens is 302 g/mol. The molecule has 0 aliphatic rings. The molecule has 0 aliphatic heterocycles. The smallest absolute Gasteiger partial charge is 0.224 e. The SMILES string of the molecule is Cc1cc(Br)ccc1NC(=O)CC(C)CC(C)(C)C. The van der Waals surface area contributed by atoms with Crippen molar-refractivity contribution in [3.8, 4) is 0 Å². The molecule has 0 radical (unpaired) electrons. The van der Waals surface area contributed by atoms with E-state index in [1.807, 2.05) is 25.1 Å². The van der Waals surface area contributed by atoms with E-state index in [1.165, 1.54) is 0 Å². The zero-order valence-corrected chi connectivity index (χ0v) is 14.1. The monoisotopic (exact) mass is 325 g/mol. The molecule has 106 valence electrons. The minimum absolute atomic E-state index is 0.0992. The summed E-state index contributed by atoms with van der Waals surface area (Å²) in [6.07, 6.45) is 1.63. The molecule has 0 saturated carbocycles. The summed E-state index contributed by atoms with van der Waals surface area (Å²) in [6, 6.07) is 5.89. The third-order valence-corrected chi connectivity index (χ3v) is 3.45. The molecule has 1 unspecified atom stereocenters. The van der Waals surface area contributed by atoms with Gasteiger partial charge in [-0.1, -0.05) is 43.6 Å². The lowest BCUT2D eigenvalue weighted by atomic mass is 9.84. The summed E-state index contributed by atoms with van der Waals surface area (Å²) in [5.41, 5.74) is 2.25. The van der Waals surface area contributed by atoms with Gasteiger partial charge in [0.2, 0.25) is 5.91 Å². The van der Waals surface area contributed by atoms with Crippen LogP contribution in [0.25, 0.3) is 0 Å². The maximum absolute atomic E-state index is 12.0. The minimum Gasteiger partial charge on any atom is -0.326 e. The van der Waals surface area contributed by atoms with E-state index in [1.54, 1.807) is 0 Å². The number of benzene rings is 1. The second-order valence-corrected chi connectivity index (χ2v) is 7.50. The summed E-state index contributed by atoms with van der Waals surface area (Å²) >= 11 is 3.42. The van der Waals surface area contributed by atoms with Gasteiger partial charge in [-0.2, -0.15) is 0 Å². The lowest BCUT2D eigenvalue weighted by molar-refractivity contribution is -0.117. The fourth-order valence-corrected chi connectivity index (χ4v) is 2.88. The van der Waals surface area contributed by atoms with Crippen LogP contribution < -0.4 is 5.32 Å². The summed E-state index contributed by atoms with van der Waals surface area (Å²) in [7, 11) is 0. The first-order valence-electron chi connectivity index (χ1n) is 6.73. The Morgan fingerprint density at radius 1 is 1.37 bits per heavy atom. The Labute approximate surface area is 125 Å². The summed E-state index contributed by atoms with van der Waals surface area (Å²) in [5, 5.41) is 2.99. The minimum atomic E-state index is 0.0992. The lowest BCUT2D eigenvalue weighted by Gasteiger charge is -2.22. The standard InChI is InChI=1S/C16H24BrNO/c1-11(10-16(3,4)5)8-15(19)18-14-7-6-13(17)9-12(14)2/h6-7,9,11H,8,10H2,1-5H3,(H,18,19). The van der Waals surface area contributed by atoms with Crippen LogP contribution in [0, 0.1) is 18.3 Å². The number of amides is 1. The van der Waals surface area contributed by atoms with E-state index in [0.717, 1.165) is 22.1 Å².